The quantitative estimate of drug-likeness (QED) is 0.908. The monoisotopic (exact) mass is 337 g/mol. The van der Waals surface area contributed by atoms with Gasteiger partial charge < -0.3 is 14.8 Å². The Morgan fingerprint density at radius 2 is 2.35 bits per heavy atom. The van der Waals surface area contributed by atoms with Crippen LogP contribution in [0.15, 0.2) is 6.07 Å². The molecular formula is C16H23N3O3S. The lowest BCUT2D eigenvalue weighted by Gasteiger charge is -2.22. The van der Waals surface area contributed by atoms with Gasteiger partial charge in [0.1, 0.15) is 4.83 Å². The maximum absolute atomic E-state index is 12.4. The molecule has 1 amide bonds. The molecule has 6 nitrogen and oxygen atoms in total. The molecule has 3 rings (SSSR count). The second-order valence-corrected chi connectivity index (χ2v) is 7.30. The number of hydrogen-bond donors (Lipinski definition) is 1. The van der Waals surface area contributed by atoms with Crippen LogP contribution in [0, 0.1) is 12.8 Å². The van der Waals surface area contributed by atoms with Crippen LogP contribution in [0.25, 0.3) is 10.2 Å². The molecule has 2 aromatic rings. The van der Waals surface area contributed by atoms with E-state index in [4.69, 9.17) is 9.47 Å². The van der Waals surface area contributed by atoms with Crippen molar-refractivity contribution < 1.29 is 14.3 Å². The Morgan fingerprint density at radius 3 is 3.04 bits per heavy atom. The molecule has 1 saturated heterocycles. The van der Waals surface area contributed by atoms with Gasteiger partial charge in [0.05, 0.1) is 36.5 Å². The van der Waals surface area contributed by atoms with Crippen molar-refractivity contribution in [3.63, 3.8) is 0 Å². The molecule has 2 aromatic heterocycles. The molecule has 23 heavy (non-hydrogen) atoms. The number of aromatic nitrogens is 2. The summed E-state index contributed by atoms with van der Waals surface area (Å²) in [5.41, 5.74) is 0.972. The van der Waals surface area contributed by atoms with Gasteiger partial charge in [0.25, 0.3) is 5.91 Å². The number of carbonyl (C=O) groups is 1. The summed E-state index contributed by atoms with van der Waals surface area (Å²) in [5, 5.41) is 8.57. The molecule has 1 aliphatic heterocycles. The maximum Gasteiger partial charge on any atom is 0.261 e. The average Bonchev–Trinajstić information content (AvgIpc) is 3.08. The molecule has 1 fully saturated rings. The topological polar surface area (TPSA) is 65.4 Å². The molecule has 0 bridgehead atoms. The Morgan fingerprint density at radius 1 is 1.52 bits per heavy atom. The van der Waals surface area contributed by atoms with Gasteiger partial charge in [0.2, 0.25) is 0 Å². The molecule has 1 aliphatic rings. The standard InChI is InChI=1S/C16H23N3O3S/c1-10(2)8-19-16-13(11(3)18-19)6-14(23-16)15(20)17-7-12-9-21-4-5-22-12/h6,10,12H,4-5,7-9H2,1-3H3,(H,17,20). The molecule has 0 saturated carbocycles. The van der Waals surface area contributed by atoms with Crippen molar-refractivity contribution in [2.24, 2.45) is 5.92 Å². The van der Waals surface area contributed by atoms with Crippen molar-refractivity contribution >= 4 is 27.5 Å². The summed E-state index contributed by atoms with van der Waals surface area (Å²) in [4.78, 5) is 14.2. The highest BCUT2D eigenvalue weighted by Crippen LogP contribution is 2.28. The number of rotatable bonds is 5. The van der Waals surface area contributed by atoms with E-state index in [9.17, 15) is 4.79 Å². The van der Waals surface area contributed by atoms with Gasteiger partial charge in [-0.3, -0.25) is 9.48 Å². The minimum atomic E-state index is -0.0594. The fourth-order valence-corrected chi connectivity index (χ4v) is 3.73. The highest BCUT2D eigenvalue weighted by molar-refractivity contribution is 7.20. The highest BCUT2D eigenvalue weighted by atomic mass is 32.1. The number of aryl methyl sites for hydroxylation is 1. The van der Waals surface area contributed by atoms with Gasteiger partial charge in [-0.1, -0.05) is 13.8 Å². The van der Waals surface area contributed by atoms with Crippen LogP contribution in [0.2, 0.25) is 0 Å². The van der Waals surface area contributed by atoms with Crippen LogP contribution < -0.4 is 5.32 Å². The zero-order chi connectivity index (χ0) is 16.4. The van der Waals surface area contributed by atoms with Crippen molar-refractivity contribution in [2.75, 3.05) is 26.4 Å². The zero-order valence-electron chi connectivity index (χ0n) is 13.8. The minimum Gasteiger partial charge on any atom is -0.376 e. The van der Waals surface area contributed by atoms with E-state index in [0.717, 1.165) is 27.3 Å². The van der Waals surface area contributed by atoms with Gasteiger partial charge in [-0.2, -0.15) is 5.10 Å². The van der Waals surface area contributed by atoms with Gasteiger partial charge in [0, 0.05) is 18.5 Å². The first-order valence-electron chi connectivity index (χ1n) is 7.99. The number of thiophene rings is 1. The van der Waals surface area contributed by atoms with Crippen molar-refractivity contribution in [3.05, 3.63) is 16.6 Å². The summed E-state index contributed by atoms with van der Waals surface area (Å²) < 4.78 is 12.9. The number of amides is 1. The molecule has 7 heteroatoms. The molecule has 0 radical (unpaired) electrons. The predicted molar refractivity (Wildman–Crippen MR) is 90.1 cm³/mol. The lowest BCUT2D eigenvalue weighted by molar-refractivity contribution is -0.0855. The van der Waals surface area contributed by atoms with E-state index in [0.29, 0.717) is 32.3 Å². The summed E-state index contributed by atoms with van der Waals surface area (Å²) in [5.74, 6) is 0.455. The van der Waals surface area contributed by atoms with E-state index < -0.39 is 0 Å². The fraction of sp³-hybridized carbons (Fsp3) is 0.625. The van der Waals surface area contributed by atoms with Crippen LogP contribution in [0.4, 0.5) is 0 Å². The third-order valence-corrected chi connectivity index (χ3v) is 4.89. The largest absolute Gasteiger partial charge is 0.376 e. The van der Waals surface area contributed by atoms with Crippen molar-refractivity contribution in [3.8, 4) is 0 Å². The van der Waals surface area contributed by atoms with Crippen LogP contribution in [0.5, 0.6) is 0 Å². The second kappa shape index (κ2) is 6.98. The first kappa shape index (κ1) is 16.4. The van der Waals surface area contributed by atoms with E-state index in [2.05, 4.69) is 24.3 Å². The van der Waals surface area contributed by atoms with Gasteiger partial charge in [-0.05, 0) is 18.9 Å². The fourth-order valence-electron chi connectivity index (χ4n) is 2.64. The summed E-state index contributed by atoms with van der Waals surface area (Å²) in [6, 6.07) is 1.94. The lowest BCUT2D eigenvalue weighted by atomic mass is 10.2. The predicted octanol–water partition coefficient (Wildman–Crippen LogP) is 2.21. The van der Waals surface area contributed by atoms with E-state index >= 15 is 0 Å². The molecule has 3 heterocycles. The molecule has 1 atom stereocenters. The lowest BCUT2D eigenvalue weighted by Crippen LogP contribution is -2.39. The average molecular weight is 337 g/mol. The Kier molecular flexibility index (Phi) is 4.99. The third kappa shape index (κ3) is 3.73. The second-order valence-electron chi connectivity index (χ2n) is 6.27. The first-order chi connectivity index (χ1) is 11.0. The van der Waals surface area contributed by atoms with Crippen molar-refractivity contribution in [1.29, 1.82) is 0 Å². The van der Waals surface area contributed by atoms with E-state index in [1.807, 2.05) is 17.7 Å². The Bertz CT molecular complexity index is 686. The van der Waals surface area contributed by atoms with Gasteiger partial charge in [0.15, 0.2) is 0 Å². The summed E-state index contributed by atoms with van der Waals surface area (Å²) in [6.07, 6.45) is -0.0553. The van der Waals surface area contributed by atoms with E-state index in [1.54, 1.807) is 0 Å². The number of ether oxygens (including phenoxy) is 2. The molecule has 0 aliphatic carbocycles. The summed E-state index contributed by atoms with van der Waals surface area (Å²) in [6.45, 7) is 9.41. The van der Waals surface area contributed by atoms with Crippen LogP contribution in [-0.2, 0) is 16.0 Å². The molecular weight excluding hydrogens is 314 g/mol. The highest BCUT2D eigenvalue weighted by Gasteiger charge is 2.19. The molecule has 1 unspecified atom stereocenters. The minimum absolute atomic E-state index is 0.0553. The van der Waals surface area contributed by atoms with Gasteiger partial charge in [-0.15, -0.1) is 11.3 Å². The maximum atomic E-state index is 12.4. The number of nitrogens with one attached hydrogen (secondary N) is 1. The van der Waals surface area contributed by atoms with Gasteiger partial charge in [-0.25, -0.2) is 0 Å². The van der Waals surface area contributed by atoms with Crippen LogP contribution in [0.1, 0.15) is 29.2 Å². The van der Waals surface area contributed by atoms with Crippen LogP contribution >= 0.6 is 11.3 Å². The number of fused-ring (bicyclic) bond motifs is 1. The van der Waals surface area contributed by atoms with Gasteiger partial charge >= 0.3 is 0 Å². The Balaban J connectivity index is 1.70. The third-order valence-electron chi connectivity index (χ3n) is 3.74. The SMILES string of the molecule is Cc1nn(CC(C)C)c2sc(C(=O)NCC3COCCO3)cc12. The van der Waals surface area contributed by atoms with E-state index in [-0.39, 0.29) is 12.0 Å². The normalized spacial score (nSPS) is 18.7. The van der Waals surface area contributed by atoms with Crippen molar-refractivity contribution in [2.45, 2.75) is 33.4 Å². The zero-order valence-corrected chi connectivity index (χ0v) is 14.6. The summed E-state index contributed by atoms with van der Waals surface area (Å²) in [7, 11) is 0. The molecule has 126 valence electrons. The van der Waals surface area contributed by atoms with Crippen LogP contribution in [0.3, 0.4) is 0 Å². The molecule has 0 spiro atoms. The van der Waals surface area contributed by atoms with Crippen LogP contribution in [-0.4, -0.2) is 48.2 Å². The smallest absolute Gasteiger partial charge is 0.261 e. The molecule has 1 N–H and O–H groups in total. The first-order valence-corrected chi connectivity index (χ1v) is 8.80. The number of nitrogens with zero attached hydrogens (tertiary/aromatic N) is 2. The van der Waals surface area contributed by atoms with E-state index in [1.165, 1.54) is 11.3 Å². The number of carbonyl (C=O) groups excluding carboxylic acids is 1. The molecule has 0 aromatic carbocycles. The van der Waals surface area contributed by atoms with Crippen molar-refractivity contribution in [1.82, 2.24) is 15.1 Å². The Hall–Kier alpha value is -1.44. The Labute approximate surface area is 139 Å². The summed E-state index contributed by atoms with van der Waals surface area (Å²) >= 11 is 1.50. The number of hydrogen-bond acceptors (Lipinski definition) is 5.